The first-order chi connectivity index (χ1) is 15.7. The van der Waals surface area contributed by atoms with Crippen LogP contribution < -0.4 is 20.7 Å². The van der Waals surface area contributed by atoms with Gasteiger partial charge in [0, 0.05) is 17.8 Å². The average Bonchev–Trinajstić information content (AvgIpc) is 2.83. The summed E-state index contributed by atoms with van der Waals surface area (Å²) in [6.07, 6.45) is 1.95. The Morgan fingerprint density at radius 1 is 0.906 bits per heavy atom. The number of anilines is 2. The minimum atomic E-state index is -0.216. The summed E-state index contributed by atoms with van der Waals surface area (Å²) in [5.41, 5.74) is 2.90. The third-order valence-corrected chi connectivity index (χ3v) is 4.79. The van der Waals surface area contributed by atoms with Crippen LogP contribution in [0.25, 0.3) is 0 Å². The van der Waals surface area contributed by atoms with Crippen LogP contribution in [0.1, 0.15) is 35.7 Å². The number of nitrogens with one attached hydrogen (secondary N) is 3. The van der Waals surface area contributed by atoms with Crippen molar-refractivity contribution in [1.29, 1.82) is 0 Å². The van der Waals surface area contributed by atoms with Crippen molar-refractivity contribution in [2.45, 2.75) is 26.4 Å². The largest absolute Gasteiger partial charge is 0.487 e. The monoisotopic (exact) mass is 431 g/mol. The van der Waals surface area contributed by atoms with Crippen molar-refractivity contribution in [3.05, 3.63) is 90.0 Å². The minimum absolute atomic E-state index is 0.0681. The van der Waals surface area contributed by atoms with E-state index >= 15 is 0 Å². The topological polar surface area (TPSA) is 79.5 Å². The van der Waals surface area contributed by atoms with Crippen LogP contribution in [0.3, 0.4) is 0 Å². The Balaban J connectivity index is 1.53. The molecule has 0 saturated heterocycles. The van der Waals surface area contributed by atoms with Gasteiger partial charge in [-0.3, -0.25) is 9.59 Å². The molecule has 166 valence electrons. The molecule has 0 radical (unpaired) electrons. The number of amides is 2. The molecule has 3 rings (SSSR count). The Bertz CT molecular complexity index is 1020. The van der Waals surface area contributed by atoms with Crippen LogP contribution >= 0.6 is 0 Å². The smallest absolute Gasteiger partial charge is 0.251 e. The lowest BCUT2D eigenvalue weighted by Crippen LogP contribution is -2.25. The number of hydrogen-bond donors (Lipinski definition) is 3. The van der Waals surface area contributed by atoms with E-state index in [4.69, 9.17) is 4.74 Å². The summed E-state index contributed by atoms with van der Waals surface area (Å²) in [6, 6.07) is 24.3. The van der Waals surface area contributed by atoms with Gasteiger partial charge in [-0.1, -0.05) is 61.9 Å². The lowest BCUT2D eigenvalue weighted by atomic mass is 10.2. The van der Waals surface area contributed by atoms with Crippen molar-refractivity contribution in [3.63, 3.8) is 0 Å². The molecule has 0 unspecified atom stereocenters. The maximum absolute atomic E-state index is 12.5. The van der Waals surface area contributed by atoms with Crippen LogP contribution in [0.2, 0.25) is 0 Å². The van der Waals surface area contributed by atoms with Gasteiger partial charge in [0.25, 0.3) is 5.91 Å². The summed E-state index contributed by atoms with van der Waals surface area (Å²) in [5, 5.41) is 8.83. The molecule has 0 aliphatic heterocycles. The molecule has 6 nitrogen and oxygen atoms in total. The summed E-state index contributed by atoms with van der Waals surface area (Å²) in [5.74, 6) is 0.318. The molecule has 0 heterocycles. The van der Waals surface area contributed by atoms with Gasteiger partial charge in [-0.05, 0) is 42.3 Å². The Morgan fingerprint density at radius 3 is 2.50 bits per heavy atom. The van der Waals surface area contributed by atoms with E-state index < -0.39 is 0 Å². The molecule has 3 aromatic rings. The van der Waals surface area contributed by atoms with Gasteiger partial charge < -0.3 is 20.7 Å². The van der Waals surface area contributed by atoms with E-state index in [9.17, 15) is 9.59 Å². The maximum atomic E-state index is 12.5. The SMILES string of the molecule is CCCCNC(=O)c1cccc(NC(=O)CNc2ccccc2OCc2ccccc2)c1. The molecular formula is C26H29N3O3. The number of ether oxygens (including phenoxy) is 1. The van der Waals surface area contributed by atoms with Gasteiger partial charge in [-0.15, -0.1) is 0 Å². The molecule has 32 heavy (non-hydrogen) atoms. The zero-order valence-corrected chi connectivity index (χ0v) is 18.3. The van der Waals surface area contributed by atoms with Gasteiger partial charge >= 0.3 is 0 Å². The molecule has 3 N–H and O–H groups in total. The molecule has 0 spiro atoms. The zero-order chi connectivity index (χ0) is 22.6. The number of carbonyl (C=O) groups is 2. The number of para-hydroxylation sites is 2. The van der Waals surface area contributed by atoms with Gasteiger partial charge in [0.1, 0.15) is 12.4 Å². The summed E-state index contributed by atoms with van der Waals surface area (Å²) in [6.45, 7) is 3.23. The molecular weight excluding hydrogens is 402 g/mol. The standard InChI is InChI=1S/C26H29N3O3/c1-2-3-16-27-26(31)21-12-9-13-22(17-21)29-25(30)18-28-23-14-7-8-15-24(23)32-19-20-10-5-4-6-11-20/h4-15,17,28H,2-3,16,18-19H2,1H3,(H,27,31)(H,29,30). The van der Waals surface area contributed by atoms with Crippen molar-refractivity contribution in [2.75, 3.05) is 23.7 Å². The Kier molecular flexibility index (Phi) is 8.69. The van der Waals surface area contributed by atoms with E-state index in [0.29, 0.717) is 30.2 Å². The van der Waals surface area contributed by atoms with Crippen LogP contribution in [0.4, 0.5) is 11.4 Å². The Hall–Kier alpha value is -3.80. The fraction of sp³-hybridized carbons (Fsp3) is 0.231. The summed E-state index contributed by atoms with van der Waals surface area (Å²) in [4.78, 5) is 24.7. The van der Waals surface area contributed by atoms with Gasteiger partial charge in [0.05, 0.1) is 12.2 Å². The lowest BCUT2D eigenvalue weighted by molar-refractivity contribution is -0.114. The normalized spacial score (nSPS) is 10.3. The van der Waals surface area contributed by atoms with Gasteiger partial charge in [-0.25, -0.2) is 0 Å². The zero-order valence-electron chi connectivity index (χ0n) is 18.3. The highest BCUT2D eigenvalue weighted by molar-refractivity contribution is 5.98. The van der Waals surface area contributed by atoms with Crippen LogP contribution in [-0.4, -0.2) is 24.9 Å². The lowest BCUT2D eigenvalue weighted by Gasteiger charge is -2.13. The van der Waals surface area contributed by atoms with E-state index in [1.54, 1.807) is 24.3 Å². The first-order valence-corrected chi connectivity index (χ1v) is 10.8. The highest BCUT2D eigenvalue weighted by atomic mass is 16.5. The minimum Gasteiger partial charge on any atom is -0.487 e. The molecule has 0 saturated carbocycles. The van der Waals surface area contributed by atoms with Crippen LogP contribution in [-0.2, 0) is 11.4 Å². The van der Waals surface area contributed by atoms with E-state index in [-0.39, 0.29) is 18.4 Å². The van der Waals surface area contributed by atoms with Crippen molar-refractivity contribution in [2.24, 2.45) is 0 Å². The quantitative estimate of drug-likeness (QED) is 0.379. The summed E-state index contributed by atoms with van der Waals surface area (Å²) < 4.78 is 5.92. The van der Waals surface area contributed by atoms with Crippen molar-refractivity contribution in [3.8, 4) is 5.75 Å². The van der Waals surface area contributed by atoms with E-state index in [2.05, 4.69) is 22.9 Å². The third-order valence-electron chi connectivity index (χ3n) is 4.79. The molecule has 0 aromatic heterocycles. The van der Waals surface area contributed by atoms with Crippen molar-refractivity contribution in [1.82, 2.24) is 5.32 Å². The number of unbranched alkanes of at least 4 members (excludes halogenated alkanes) is 1. The van der Waals surface area contributed by atoms with Crippen molar-refractivity contribution < 1.29 is 14.3 Å². The van der Waals surface area contributed by atoms with Crippen LogP contribution in [0.5, 0.6) is 5.75 Å². The second-order valence-corrected chi connectivity index (χ2v) is 7.36. The molecule has 6 heteroatoms. The van der Waals surface area contributed by atoms with Crippen LogP contribution in [0.15, 0.2) is 78.9 Å². The first-order valence-electron chi connectivity index (χ1n) is 10.8. The third kappa shape index (κ3) is 7.16. The first kappa shape index (κ1) is 22.9. The second-order valence-electron chi connectivity index (χ2n) is 7.36. The maximum Gasteiger partial charge on any atom is 0.251 e. The predicted molar refractivity (Wildman–Crippen MR) is 128 cm³/mol. The van der Waals surface area contributed by atoms with E-state index in [0.717, 1.165) is 24.1 Å². The van der Waals surface area contributed by atoms with Gasteiger partial charge in [0.2, 0.25) is 5.91 Å². The molecule has 2 amide bonds. The summed E-state index contributed by atoms with van der Waals surface area (Å²) in [7, 11) is 0. The van der Waals surface area contributed by atoms with E-state index in [1.165, 1.54) is 0 Å². The number of benzene rings is 3. The molecule has 0 atom stereocenters. The molecule has 0 aliphatic carbocycles. The number of carbonyl (C=O) groups excluding carboxylic acids is 2. The molecule has 3 aromatic carbocycles. The highest BCUT2D eigenvalue weighted by Gasteiger charge is 2.09. The van der Waals surface area contributed by atoms with Gasteiger partial charge in [0.15, 0.2) is 0 Å². The predicted octanol–water partition coefficient (Wildman–Crippen LogP) is 4.85. The average molecular weight is 432 g/mol. The van der Waals surface area contributed by atoms with Crippen LogP contribution in [0, 0.1) is 0 Å². The molecule has 0 fully saturated rings. The van der Waals surface area contributed by atoms with Crippen molar-refractivity contribution >= 4 is 23.2 Å². The number of rotatable bonds is 11. The summed E-state index contributed by atoms with van der Waals surface area (Å²) >= 11 is 0. The number of hydrogen-bond acceptors (Lipinski definition) is 4. The fourth-order valence-electron chi connectivity index (χ4n) is 3.07. The molecule has 0 aliphatic rings. The Morgan fingerprint density at radius 2 is 1.69 bits per heavy atom. The van der Waals surface area contributed by atoms with Gasteiger partial charge in [-0.2, -0.15) is 0 Å². The van der Waals surface area contributed by atoms with E-state index in [1.807, 2.05) is 54.6 Å². The molecule has 0 bridgehead atoms. The second kappa shape index (κ2) is 12.2. The highest BCUT2D eigenvalue weighted by Crippen LogP contribution is 2.24. The fourth-order valence-corrected chi connectivity index (χ4v) is 3.07. The Labute approximate surface area is 189 Å².